The largest absolute Gasteiger partial charge is 0.328 e. The van der Waals surface area contributed by atoms with Crippen LogP contribution in [0.5, 0.6) is 0 Å². The first-order chi connectivity index (χ1) is 8.08. The predicted molar refractivity (Wildman–Crippen MR) is 80.4 cm³/mol. The van der Waals surface area contributed by atoms with E-state index in [0.717, 1.165) is 18.1 Å². The Kier molecular flexibility index (Phi) is 5.93. The minimum Gasteiger partial charge on any atom is -0.328 e. The van der Waals surface area contributed by atoms with E-state index in [1.807, 2.05) is 12.1 Å². The third kappa shape index (κ3) is 3.61. The fourth-order valence-corrected chi connectivity index (χ4v) is 2.77. The third-order valence-corrected chi connectivity index (χ3v) is 4.11. The number of hydrogen-bond donors (Lipinski definition) is 1. The summed E-state index contributed by atoms with van der Waals surface area (Å²) in [7, 11) is 0. The monoisotopic (exact) mass is 288 g/mol. The molecule has 2 rings (SSSR count). The van der Waals surface area contributed by atoms with Crippen LogP contribution in [0.25, 0.3) is 0 Å². The summed E-state index contributed by atoms with van der Waals surface area (Å²) >= 11 is 6.04. The van der Waals surface area contributed by atoms with E-state index in [1.165, 1.54) is 12.0 Å². The molecular formula is C14H22Cl2N2. The Hall–Kier alpha value is -0.280. The number of benzene rings is 1. The number of rotatable bonds is 3. The molecule has 2 nitrogen and oxygen atoms in total. The van der Waals surface area contributed by atoms with E-state index >= 15 is 0 Å². The fraction of sp³-hybridized carbons (Fsp3) is 0.571. The molecule has 1 fully saturated rings. The number of halogens is 2. The molecule has 0 aliphatic carbocycles. The number of likely N-dealkylation sites (tertiary alicyclic amines) is 1. The molecule has 1 aliphatic rings. The predicted octanol–water partition coefficient (Wildman–Crippen LogP) is 3.49. The summed E-state index contributed by atoms with van der Waals surface area (Å²) in [6.45, 7) is 6.60. The van der Waals surface area contributed by atoms with Crippen molar-refractivity contribution in [2.24, 2.45) is 11.7 Å². The normalized spacial score (nSPS) is 23.4. The van der Waals surface area contributed by atoms with Crippen LogP contribution in [0.4, 0.5) is 0 Å². The number of nitrogens with two attached hydrogens (primary N) is 1. The zero-order chi connectivity index (χ0) is 12.4. The second kappa shape index (κ2) is 6.76. The maximum atomic E-state index is 6.04. The van der Waals surface area contributed by atoms with Crippen molar-refractivity contribution >= 4 is 24.0 Å². The Morgan fingerprint density at radius 2 is 2.11 bits per heavy atom. The van der Waals surface area contributed by atoms with Gasteiger partial charge >= 0.3 is 0 Å². The topological polar surface area (TPSA) is 29.3 Å². The summed E-state index contributed by atoms with van der Waals surface area (Å²) in [6, 6.07) is 8.88. The van der Waals surface area contributed by atoms with Crippen LogP contribution < -0.4 is 5.73 Å². The highest BCUT2D eigenvalue weighted by atomic mass is 35.5. The Morgan fingerprint density at radius 3 is 2.67 bits per heavy atom. The Bertz CT molecular complexity index is 382. The summed E-state index contributed by atoms with van der Waals surface area (Å²) in [5.74, 6) is 0.636. The van der Waals surface area contributed by atoms with Crippen LogP contribution >= 0.6 is 24.0 Å². The Balaban J connectivity index is 0.00000162. The van der Waals surface area contributed by atoms with Gasteiger partial charge in [0.15, 0.2) is 0 Å². The molecule has 18 heavy (non-hydrogen) atoms. The van der Waals surface area contributed by atoms with Crippen molar-refractivity contribution in [3.05, 3.63) is 34.9 Å². The quantitative estimate of drug-likeness (QED) is 0.923. The van der Waals surface area contributed by atoms with E-state index in [1.54, 1.807) is 0 Å². The van der Waals surface area contributed by atoms with Crippen molar-refractivity contribution < 1.29 is 0 Å². The molecule has 1 aliphatic heterocycles. The minimum absolute atomic E-state index is 0. The van der Waals surface area contributed by atoms with Gasteiger partial charge in [0.05, 0.1) is 0 Å². The lowest BCUT2D eigenvalue weighted by molar-refractivity contribution is 0.248. The van der Waals surface area contributed by atoms with Crippen LogP contribution in [0.3, 0.4) is 0 Å². The summed E-state index contributed by atoms with van der Waals surface area (Å²) < 4.78 is 0. The van der Waals surface area contributed by atoms with Gasteiger partial charge in [0.1, 0.15) is 0 Å². The zero-order valence-corrected chi connectivity index (χ0v) is 12.5. The Morgan fingerprint density at radius 1 is 1.39 bits per heavy atom. The highest BCUT2D eigenvalue weighted by Gasteiger charge is 2.28. The molecule has 0 aromatic heterocycles. The lowest BCUT2D eigenvalue weighted by Crippen LogP contribution is -2.30. The SMILES string of the molecule is CC(N)C1CCN(C(C)c2cccc(Cl)c2)C1.Cl. The third-order valence-electron chi connectivity index (χ3n) is 3.88. The smallest absolute Gasteiger partial charge is 0.0409 e. The second-order valence-electron chi connectivity index (χ2n) is 5.13. The van der Waals surface area contributed by atoms with Gasteiger partial charge in [-0.05, 0) is 50.4 Å². The van der Waals surface area contributed by atoms with Gasteiger partial charge in [0.2, 0.25) is 0 Å². The molecule has 0 radical (unpaired) electrons. The van der Waals surface area contributed by atoms with Crippen LogP contribution in [0, 0.1) is 5.92 Å². The van der Waals surface area contributed by atoms with Crippen LogP contribution in [0.15, 0.2) is 24.3 Å². The van der Waals surface area contributed by atoms with E-state index in [2.05, 4.69) is 30.9 Å². The average Bonchev–Trinajstić information content (AvgIpc) is 2.77. The van der Waals surface area contributed by atoms with E-state index in [4.69, 9.17) is 17.3 Å². The minimum atomic E-state index is 0. The van der Waals surface area contributed by atoms with Crippen molar-refractivity contribution in [1.82, 2.24) is 4.90 Å². The summed E-state index contributed by atoms with van der Waals surface area (Å²) in [4.78, 5) is 2.50. The fourth-order valence-electron chi connectivity index (χ4n) is 2.57. The number of nitrogens with zero attached hydrogens (tertiary/aromatic N) is 1. The molecule has 1 aromatic carbocycles. The maximum absolute atomic E-state index is 6.04. The standard InChI is InChI=1S/C14H21ClN2.ClH/c1-10(16)13-6-7-17(9-13)11(2)12-4-3-5-14(15)8-12;/h3-5,8,10-11,13H,6-7,9,16H2,1-2H3;1H. The molecule has 1 saturated heterocycles. The van der Waals surface area contributed by atoms with Crippen molar-refractivity contribution in [3.63, 3.8) is 0 Å². The second-order valence-corrected chi connectivity index (χ2v) is 5.57. The van der Waals surface area contributed by atoms with Gasteiger partial charge in [-0.25, -0.2) is 0 Å². The lowest BCUT2D eigenvalue weighted by Gasteiger charge is -2.25. The molecule has 0 amide bonds. The molecule has 1 heterocycles. The highest BCUT2D eigenvalue weighted by molar-refractivity contribution is 6.30. The van der Waals surface area contributed by atoms with Crippen LogP contribution in [-0.2, 0) is 0 Å². The van der Waals surface area contributed by atoms with Crippen LogP contribution in [0.1, 0.15) is 31.9 Å². The molecule has 1 aromatic rings. The van der Waals surface area contributed by atoms with E-state index in [-0.39, 0.29) is 12.4 Å². The molecule has 2 N–H and O–H groups in total. The summed E-state index contributed by atoms with van der Waals surface area (Å²) in [5, 5.41) is 0.817. The summed E-state index contributed by atoms with van der Waals surface area (Å²) in [6.07, 6.45) is 1.21. The molecule has 0 spiro atoms. The molecule has 0 bridgehead atoms. The van der Waals surface area contributed by atoms with Crippen molar-refractivity contribution in [2.45, 2.75) is 32.4 Å². The van der Waals surface area contributed by atoms with Gasteiger partial charge in [-0.1, -0.05) is 23.7 Å². The summed E-state index contributed by atoms with van der Waals surface area (Å²) in [5.41, 5.74) is 7.27. The van der Waals surface area contributed by atoms with Gasteiger partial charge < -0.3 is 5.73 Å². The van der Waals surface area contributed by atoms with Crippen LogP contribution in [0.2, 0.25) is 5.02 Å². The van der Waals surface area contributed by atoms with E-state index < -0.39 is 0 Å². The number of hydrogen-bond acceptors (Lipinski definition) is 2. The molecule has 3 atom stereocenters. The van der Waals surface area contributed by atoms with Crippen molar-refractivity contribution in [1.29, 1.82) is 0 Å². The van der Waals surface area contributed by atoms with Gasteiger partial charge in [0.25, 0.3) is 0 Å². The van der Waals surface area contributed by atoms with Crippen molar-refractivity contribution in [2.75, 3.05) is 13.1 Å². The molecule has 3 unspecified atom stereocenters. The highest BCUT2D eigenvalue weighted by Crippen LogP contribution is 2.29. The zero-order valence-electron chi connectivity index (χ0n) is 11.0. The van der Waals surface area contributed by atoms with Crippen molar-refractivity contribution in [3.8, 4) is 0 Å². The first kappa shape index (κ1) is 15.8. The van der Waals surface area contributed by atoms with E-state index in [0.29, 0.717) is 18.0 Å². The molecular weight excluding hydrogens is 267 g/mol. The molecule has 0 saturated carbocycles. The first-order valence-corrected chi connectivity index (χ1v) is 6.71. The lowest BCUT2D eigenvalue weighted by atomic mass is 10.0. The first-order valence-electron chi connectivity index (χ1n) is 6.33. The van der Waals surface area contributed by atoms with E-state index in [9.17, 15) is 0 Å². The van der Waals surface area contributed by atoms with Crippen LogP contribution in [-0.4, -0.2) is 24.0 Å². The average molecular weight is 289 g/mol. The molecule has 4 heteroatoms. The van der Waals surface area contributed by atoms with Gasteiger partial charge in [-0.15, -0.1) is 12.4 Å². The van der Waals surface area contributed by atoms with Gasteiger partial charge in [0, 0.05) is 23.7 Å². The Labute approximate surface area is 121 Å². The van der Waals surface area contributed by atoms with Gasteiger partial charge in [-0.3, -0.25) is 4.90 Å². The maximum Gasteiger partial charge on any atom is 0.0409 e. The molecule has 102 valence electrons. The van der Waals surface area contributed by atoms with Gasteiger partial charge in [-0.2, -0.15) is 0 Å².